The Hall–Kier alpha value is -7.37. The van der Waals surface area contributed by atoms with Gasteiger partial charge in [0.25, 0.3) is 0 Å². The van der Waals surface area contributed by atoms with Crippen molar-refractivity contribution in [2.75, 3.05) is 0 Å². The summed E-state index contributed by atoms with van der Waals surface area (Å²) in [5.41, 5.74) is 13.1. The maximum atomic E-state index is 12.8. The Balaban J connectivity index is 1.23. The molecule has 0 unspecified atom stereocenters. The minimum atomic E-state index is -0.0488. The first-order chi connectivity index (χ1) is 27.5. The first-order valence-corrected chi connectivity index (χ1v) is 18.8. The third kappa shape index (κ3) is 5.44. The maximum absolute atomic E-state index is 12.8. The maximum Gasteiger partial charge on any atom is 0.328 e. The van der Waals surface area contributed by atoms with Gasteiger partial charge in [0.2, 0.25) is 0 Å². The van der Waals surface area contributed by atoms with Crippen molar-refractivity contribution in [3.8, 4) is 67.3 Å². The normalized spacial score (nSPS) is 11.5. The smallest absolute Gasteiger partial charge is 0.295 e. The summed E-state index contributed by atoms with van der Waals surface area (Å²) in [4.78, 5) is 23.4. The molecule has 5 nitrogen and oxygen atoms in total. The van der Waals surface area contributed by atoms with Crippen LogP contribution in [0, 0.1) is 0 Å². The van der Waals surface area contributed by atoms with E-state index in [9.17, 15) is 4.79 Å². The Labute approximate surface area is 324 Å². The van der Waals surface area contributed by atoms with Crippen LogP contribution >= 0.6 is 0 Å². The molecule has 0 spiro atoms. The molecule has 2 aromatic heterocycles. The number of benzene rings is 8. The average molecular weight is 721 g/mol. The predicted molar refractivity (Wildman–Crippen MR) is 231 cm³/mol. The largest absolute Gasteiger partial charge is 0.328 e. The summed E-state index contributed by atoms with van der Waals surface area (Å²) in [7, 11) is 3.63. The predicted octanol–water partition coefficient (Wildman–Crippen LogP) is 12.0. The molecule has 0 saturated heterocycles. The van der Waals surface area contributed by atoms with Gasteiger partial charge in [-0.1, -0.05) is 164 Å². The van der Waals surface area contributed by atoms with E-state index in [0.29, 0.717) is 5.82 Å². The van der Waals surface area contributed by atoms with Crippen molar-refractivity contribution in [2.45, 2.75) is 0 Å². The summed E-state index contributed by atoms with van der Waals surface area (Å²) >= 11 is 0. The lowest BCUT2D eigenvalue weighted by atomic mass is 9.84. The van der Waals surface area contributed by atoms with Crippen LogP contribution in [0.2, 0.25) is 0 Å². The van der Waals surface area contributed by atoms with E-state index >= 15 is 0 Å². The molecule has 0 saturated carbocycles. The monoisotopic (exact) mass is 720 g/mol. The second-order valence-corrected chi connectivity index (χ2v) is 14.2. The van der Waals surface area contributed by atoms with Crippen LogP contribution in [-0.4, -0.2) is 19.1 Å². The molecule has 5 heteroatoms. The fourth-order valence-corrected chi connectivity index (χ4v) is 8.33. The summed E-state index contributed by atoms with van der Waals surface area (Å²) in [6, 6.07) is 63.7. The Morgan fingerprint density at radius 1 is 0.375 bits per heavy atom. The summed E-state index contributed by atoms with van der Waals surface area (Å²) in [5.74, 6) is 0.651. The average Bonchev–Trinajstić information content (AvgIpc) is 3.48. The number of rotatable bonds is 6. The molecule has 10 aromatic rings. The van der Waals surface area contributed by atoms with Crippen molar-refractivity contribution in [3.05, 3.63) is 192 Å². The number of hydrogen-bond donors (Lipinski definition) is 0. The lowest BCUT2D eigenvalue weighted by Gasteiger charge is -2.20. The number of aromatic nitrogens is 4. The van der Waals surface area contributed by atoms with Crippen LogP contribution in [0.25, 0.3) is 99.9 Å². The number of hydrogen-bond acceptors (Lipinski definition) is 3. The standard InChI is InChI=1S/C51H36N4O/c1-54-46-30-29-35(31-47(46)55(2)51(54)56)36-21-9-10-22-37(36)44-32-45(53-50(52-44)34-19-7-4-8-20-34)38-23-11-12-24-39(38)49-42-27-15-13-25-40(42)48(33-17-5-3-6-18-33)41-26-14-16-28-43(41)49/h3-32H,1-2H3. The van der Waals surface area contributed by atoms with E-state index in [2.05, 4.69) is 158 Å². The fraction of sp³-hybridized carbons (Fsp3) is 0.0392. The van der Waals surface area contributed by atoms with Gasteiger partial charge in [0.1, 0.15) is 0 Å². The number of aryl methyl sites for hydroxylation is 2. The van der Waals surface area contributed by atoms with Crippen molar-refractivity contribution in [2.24, 2.45) is 14.1 Å². The van der Waals surface area contributed by atoms with Gasteiger partial charge in [0, 0.05) is 30.8 Å². The van der Waals surface area contributed by atoms with Crippen molar-refractivity contribution >= 4 is 32.6 Å². The van der Waals surface area contributed by atoms with E-state index in [1.54, 1.807) is 9.13 Å². The van der Waals surface area contributed by atoms with Gasteiger partial charge in [0.05, 0.1) is 22.4 Å². The third-order valence-electron chi connectivity index (χ3n) is 11.0. The highest BCUT2D eigenvalue weighted by atomic mass is 16.1. The fourth-order valence-electron chi connectivity index (χ4n) is 8.33. The van der Waals surface area contributed by atoms with Crippen LogP contribution in [0.4, 0.5) is 0 Å². The summed E-state index contributed by atoms with van der Waals surface area (Å²) < 4.78 is 3.39. The van der Waals surface area contributed by atoms with E-state index in [1.807, 2.05) is 38.4 Å². The Morgan fingerprint density at radius 2 is 0.821 bits per heavy atom. The highest BCUT2D eigenvalue weighted by Crippen LogP contribution is 2.46. The number of imidazole rings is 1. The third-order valence-corrected chi connectivity index (χ3v) is 11.0. The summed E-state index contributed by atoms with van der Waals surface area (Å²) in [5, 5.41) is 4.78. The van der Waals surface area contributed by atoms with Crippen LogP contribution in [0.3, 0.4) is 0 Å². The van der Waals surface area contributed by atoms with E-state index in [4.69, 9.17) is 9.97 Å². The topological polar surface area (TPSA) is 52.7 Å². The van der Waals surface area contributed by atoms with Crippen molar-refractivity contribution in [1.82, 2.24) is 19.1 Å². The van der Waals surface area contributed by atoms with E-state index in [1.165, 1.54) is 38.2 Å². The molecule has 0 radical (unpaired) electrons. The van der Waals surface area contributed by atoms with Gasteiger partial charge >= 0.3 is 5.69 Å². The quantitative estimate of drug-likeness (QED) is 0.161. The number of fused-ring (bicyclic) bond motifs is 3. The molecule has 2 heterocycles. The van der Waals surface area contributed by atoms with Crippen molar-refractivity contribution in [3.63, 3.8) is 0 Å². The van der Waals surface area contributed by atoms with Gasteiger partial charge in [-0.3, -0.25) is 9.13 Å². The van der Waals surface area contributed by atoms with Crippen molar-refractivity contribution < 1.29 is 0 Å². The molecule has 0 aliphatic heterocycles. The Morgan fingerprint density at radius 3 is 1.41 bits per heavy atom. The van der Waals surface area contributed by atoms with Crippen LogP contribution < -0.4 is 5.69 Å². The molecule has 0 amide bonds. The molecular weight excluding hydrogens is 685 g/mol. The zero-order valence-electron chi connectivity index (χ0n) is 31.0. The first-order valence-electron chi connectivity index (χ1n) is 18.8. The lowest BCUT2D eigenvalue weighted by molar-refractivity contribution is 0.795. The summed E-state index contributed by atoms with van der Waals surface area (Å²) in [6.45, 7) is 0. The SMILES string of the molecule is Cn1c(=O)n(C)c2cc(-c3ccccc3-c3cc(-c4ccccc4-c4c5ccccc5c(-c5ccccc5)c5ccccc45)nc(-c4ccccc4)n3)ccc21. The zero-order chi connectivity index (χ0) is 37.8. The second kappa shape index (κ2) is 13.5. The summed E-state index contributed by atoms with van der Waals surface area (Å²) in [6.07, 6.45) is 0. The lowest BCUT2D eigenvalue weighted by Crippen LogP contribution is -2.19. The molecular formula is C51H36N4O. The van der Waals surface area contributed by atoms with Gasteiger partial charge in [0.15, 0.2) is 5.82 Å². The zero-order valence-corrected chi connectivity index (χ0v) is 31.0. The van der Waals surface area contributed by atoms with Crippen LogP contribution in [0.15, 0.2) is 187 Å². The van der Waals surface area contributed by atoms with Gasteiger partial charge in [-0.2, -0.15) is 0 Å². The van der Waals surface area contributed by atoms with Crippen molar-refractivity contribution in [1.29, 1.82) is 0 Å². The van der Waals surface area contributed by atoms with Gasteiger partial charge in [-0.05, 0) is 73.1 Å². The van der Waals surface area contributed by atoms with Crippen LogP contribution in [0.5, 0.6) is 0 Å². The molecule has 0 fully saturated rings. The van der Waals surface area contributed by atoms with Gasteiger partial charge < -0.3 is 0 Å². The molecule has 56 heavy (non-hydrogen) atoms. The Bertz CT molecular complexity index is 3120. The van der Waals surface area contributed by atoms with Crippen LogP contribution in [0.1, 0.15) is 0 Å². The minimum absolute atomic E-state index is 0.0488. The highest BCUT2D eigenvalue weighted by Gasteiger charge is 2.21. The molecule has 10 rings (SSSR count). The van der Waals surface area contributed by atoms with Gasteiger partial charge in [-0.25, -0.2) is 14.8 Å². The molecule has 0 aliphatic rings. The van der Waals surface area contributed by atoms with E-state index in [0.717, 1.165) is 55.8 Å². The molecule has 266 valence electrons. The molecule has 0 aliphatic carbocycles. The van der Waals surface area contributed by atoms with Crippen LogP contribution in [-0.2, 0) is 14.1 Å². The number of nitrogens with zero attached hydrogens (tertiary/aromatic N) is 4. The minimum Gasteiger partial charge on any atom is -0.295 e. The molecule has 0 atom stereocenters. The highest BCUT2D eigenvalue weighted by molar-refractivity contribution is 6.22. The molecule has 8 aromatic carbocycles. The van der Waals surface area contributed by atoms with E-state index in [-0.39, 0.29) is 5.69 Å². The van der Waals surface area contributed by atoms with E-state index < -0.39 is 0 Å². The second-order valence-electron chi connectivity index (χ2n) is 14.2. The van der Waals surface area contributed by atoms with Gasteiger partial charge in [-0.15, -0.1) is 0 Å². The Kier molecular flexibility index (Phi) is 8.00. The first kappa shape index (κ1) is 33.2. The molecule has 0 N–H and O–H groups in total. The molecule has 0 bridgehead atoms.